The highest BCUT2D eigenvalue weighted by Crippen LogP contribution is 2.25. The second kappa shape index (κ2) is 13.6. The molecule has 1 N–H and O–H groups in total. The number of likely N-dealkylation sites (N-methyl/N-ethyl adjacent to an activating group) is 1. The Morgan fingerprint density at radius 2 is 1.33 bits per heavy atom. The Bertz CT molecular complexity index is 214. The molecule has 126 valence electrons. The summed E-state index contributed by atoms with van der Waals surface area (Å²) in [6, 6.07) is 0.925. The van der Waals surface area contributed by atoms with Gasteiger partial charge in [0, 0.05) is 19.1 Å². The average molecular weight is 297 g/mol. The van der Waals surface area contributed by atoms with Crippen molar-refractivity contribution in [1.29, 1.82) is 0 Å². The van der Waals surface area contributed by atoms with Crippen LogP contribution in [0.15, 0.2) is 0 Å². The zero-order valence-corrected chi connectivity index (χ0v) is 14.8. The number of hydrogen-bond acceptors (Lipinski definition) is 2. The highest BCUT2D eigenvalue weighted by Gasteiger charge is 2.26. The van der Waals surface area contributed by atoms with Crippen LogP contribution in [-0.2, 0) is 0 Å². The molecule has 2 nitrogen and oxygen atoms in total. The van der Waals surface area contributed by atoms with Crippen molar-refractivity contribution in [3.63, 3.8) is 0 Å². The van der Waals surface area contributed by atoms with E-state index in [2.05, 4.69) is 24.1 Å². The van der Waals surface area contributed by atoms with Gasteiger partial charge in [0.2, 0.25) is 0 Å². The second-order valence-electron chi connectivity index (χ2n) is 6.79. The van der Waals surface area contributed by atoms with Crippen LogP contribution in [0.3, 0.4) is 0 Å². The molecule has 1 fully saturated rings. The summed E-state index contributed by atoms with van der Waals surface area (Å²) in [5.74, 6) is 0. The van der Waals surface area contributed by atoms with Crippen molar-refractivity contribution >= 4 is 0 Å². The first kappa shape index (κ1) is 19.0. The lowest BCUT2D eigenvalue weighted by Crippen LogP contribution is -2.33. The van der Waals surface area contributed by atoms with Crippen LogP contribution in [0.5, 0.6) is 0 Å². The summed E-state index contributed by atoms with van der Waals surface area (Å²) in [5, 5.41) is 3.62. The van der Waals surface area contributed by atoms with Gasteiger partial charge < -0.3 is 5.32 Å². The molecule has 0 aromatic heterocycles. The van der Waals surface area contributed by atoms with E-state index >= 15 is 0 Å². The first-order valence-electron chi connectivity index (χ1n) is 9.83. The minimum atomic E-state index is 0.925. The van der Waals surface area contributed by atoms with Crippen LogP contribution in [0.2, 0.25) is 0 Å². The van der Waals surface area contributed by atoms with E-state index in [1.807, 2.05) is 0 Å². The molecule has 21 heavy (non-hydrogen) atoms. The van der Waals surface area contributed by atoms with Gasteiger partial charge in [-0.15, -0.1) is 0 Å². The van der Waals surface area contributed by atoms with Gasteiger partial charge in [0.1, 0.15) is 0 Å². The summed E-state index contributed by atoms with van der Waals surface area (Å²) in [4.78, 5) is 2.63. The Hall–Kier alpha value is -0.0800. The SMILES string of the molecule is CCCCCCCCCCCCNCCN(CC)C1CC1. The molecule has 0 bridgehead atoms. The van der Waals surface area contributed by atoms with Crippen LogP contribution in [0.4, 0.5) is 0 Å². The fourth-order valence-electron chi connectivity index (χ4n) is 3.12. The van der Waals surface area contributed by atoms with Gasteiger partial charge in [0.15, 0.2) is 0 Å². The fraction of sp³-hybridized carbons (Fsp3) is 1.00. The maximum Gasteiger partial charge on any atom is 0.0110 e. The van der Waals surface area contributed by atoms with Crippen LogP contribution in [-0.4, -0.2) is 37.1 Å². The normalized spacial score (nSPS) is 15.0. The van der Waals surface area contributed by atoms with Gasteiger partial charge >= 0.3 is 0 Å². The summed E-state index contributed by atoms with van der Waals surface area (Å²) in [6.07, 6.45) is 17.2. The highest BCUT2D eigenvalue weighted by atomic mass is 15.2. The predicted octanol–water partition coefficient (Wildman–Crippen LogP) is 4.98. The van der Waals surface area contributed by atoms with Crippen molar-refractivity contribution < 1.29 is 0 Å². The third-order valence-electron chi connectivity index (χ3n) is 4.75. The van der Waals surface area contributed by atoms with Gasteiger partial charge in [-0.2, -0.15) is 0 Å². The topological polar surface area (TPSA) is 15.3 Å². The fourth-order valence-corrected chi connectivity index (χ4v) is 3.12. The lowest BCUT2D eigenvalue weighted by atomic mass is 10.1. The number of rotatable bonds is 16. The number of unbranched alkanes of at least 4 members (excludes halogenated alkanes) is 9. The van der Waals surface area contributed by atoms with E-state index in [-0.39, 0.29) is 0 Å². The first-order chi connectivity index (χ1) is 10.4. The lowest BCUT2D eigenvalue weighted by molar-refractivity contribution is 0.277. The van der Waals surface area contributed by atoms with Gasteiger partial charge in [-0.25, -0.2) is 0 Å². The van der Waals surface area contributed by atoms with Gasteiger partial charge in [0.25, 0.3) is 0 Å². The Kier molecular flexibility index (Phi) is 12.3. The molecule has 0 amide bonds. The van der Waals surface area contributed by atoms with Gasteiger partial charge in [-0.05, 0) is 32.4 Å². The predicted molar refractivity (Wildman–Crippen MR) is 95.0 cm³/mol. The van der Waals surface area contributed by atoms with Crippen molar-refractivity contribution in [3.05, 3.63) is 0 Å². The largest absolute Gasteiger partial charge is 0.315 e. The molecule has 0 aromatic rings. The number of nitrogens with one attached hydrogen (secondary N) is 1. The van der Waals surface area contributed by atoms with Crippen LogP contribution in [0.1, 0.15) is 90.9 Å². The van der Waals surface area contributed by atoms with Crippen molar-refractivity contribution in [1.82, 2.24) is 10.2 Å². The molecule has 0 radical (unpaired) electrons. The Morgan fingerprint density at radius 3 is 1.86 bits per heavy atom. The quantitative estimate of drug-likeness (QED) is 0.404. The molecule has 0 aliphatic heterocycles. The molecule has 1 aliphatic rings. The minimum absolute atomic E-state index is 0.925. The molecule has 0 saturated heterocycles. The van der Waals surface area contributed by atoms with Crippen LogP contribution >= 0.6 is 0 Å². The van der Waals surface area contributed by atoms with E-state index in [1.165, 1.54) is 103 Å². The summed E-state index contributed by atoms with van der Waals surface area (Å²) in [6.45, 7) is 9.46. The second-order valence-corrected chi connectivity index (χ2v) is 6.79. The molecule has 0 aromatic carbocycles. The molecule has 0 spiro atoms. The summed E-state index contributed by atoms with van der Waals surface area (Å²) < 4.78 is 0. The Labute approximate surface area is 134 Å². The third-order valence-corrected chi connectivity index (χ3v) is 4.75. The van der Waals surface area contributed by atoms with Crippen molar-refractivity contribution in [2.75, 3.05) is 26.2 Å². The molecular formula is C19H40N2. The summed E-state index contributed by atoms with van der Waals surface area (Å²) in [7, 11) is 0. The van der Waals surface area contributed by atoms with Crippen LogP contribution in [0.25, 0.3) is 0 Å². The first-order valence-corrected chi connectivity index (χ1v) is 9.83. The van der Waals surface area contributed by atoms with E-state index in [0.717, 1.165) is 6.04 Å². The van der Waals surface area contributed by atoms with E-state index in [0.29, 0.717) is 0 Å². The molecule has 0 unspecified atom stereocenters. The molecule has 1 rings (SSSR count). The van der Waals surface area contributed by atoms with Gasteiger partial charge in [0.05, 0.1) is 0 Å². The zero-order valence-electron chi connectivity index (χ0n) is 14.8. The molecule has 0 heterocycles. The van der Waals surface area contributed by atoms with E-state index in [9.17, 15) is 0 Å². The van der Waals surface area contributed by atoms with Crippen molar-refractivity contribution in [2.45, 2.75) is 96.9 Å². The van der Waals surface area contributed by atoms with Crippen LogP contribution < -0.4 is 5.32 Å². The summed E-state index contributed by atoms with van der Waals surface area (Å²) >= 11 is 0. The molecule has 1 aliphatic carbocycles. The maximum atomic E-state index is 3.62. The molecule has 1 saturated carbocycles. The van der Waals surface area contributed by atoms with Gasteiger partial charge in [-0.1, -0.05) is 71.6 Å². The maximum absolute atomic E-state index is 3.62. The zero-order chi connectivity index (χ0) is 15.2. The lowest BCUT2D eigenvalue weighted by Gasteiger charge is -2.19. The van der Waals surface area contributed by atoms with Crippen LogP contribution in [0, 0.1) is 0 Å². The number of hydrogen-bond donors (Lipinski definition) is 1. The Balaban J connectivity index is 1.70. The van der Waals surface area contributed by atoms with Gasteiger partial charge in [-0.3, -0.25) is 4.90 Å². The smallest absolute Gasteiger partial charge is 0.0110 e. The molecular weight excluding hydrogens is 256 g/mol. The van der Waals surface area contributed by atoms with E-state index < -0.39 is 0 Å². The molecule has 2 heteroatoms. The van der Waals surface area contributed by atoms with E-state index in [4.69, 9.17) is 0 Å². The third kappa shape index (κ3) is 11.2. The minimum Gasteiger partial charge on any atom is -0.315 e. The Morgan fingerprint density at radius 1 is 0.762 bits per heavy atom. The summed E-state index contributed by atoms with van der Waals surface area (Å²) in [5.41, 5.74) is 0. The standard InChI is InChI=1S/C19H40N2/c1-3-5-6-7-8-9-10-11-12-13-16-20-17-18-21(4-2)19-14-15-19/h19-20H,3-18H2,1-2H3. The molecule has 0 atom stereocenters. The van der Waals surface area contributed by atoms with Crippen molar-refractivity contribution in [3.8, 4) is 0 Å². The monoisotopic (exact) mass is 296 g/mol. The average Bonchev–Trinajstić information content (AvgIpc) is 3.32. The van der Waals surface area contributed by atoms with E-state index in [1.54, 1.807) is 0 Å². The van der Waals surface area contributed by atoms with Crippen molar-refractivity contribution in [2.24, 2.45) is 0 Å². The number of nitrogens with zero attached hydrogens (tertiary/aromatic N) is 1. The highest BCUT2D eigenvalue weighted by molar-refractivity contribution is 4.83.